The first-order chi connectivity index (χ1) is 13.8. The van der Waals surface area contributed by atoms with Crippen molar-refractivity contribution < 1.29 is 29.0 Å². The van der Waals surface area contributed by atoms with Gasteiger partial charge in [0.1, 0.15) is 12.4 Å². The van der Waals surface area contributed by atoms with E-state index < -0.39 is 5.97 Å². The lowest BCUT2D eigenvalue weighted by Crippen LogP contribution is -2.31. The quantitative estimate of drug-likeness (QED) is 0.660. The van der Waals surface area contributed by atoms with Gasteiger partial charge in [0.2, 0.25) is 5.91 Å². The van der Waals surface area contributed by atoms with Gasteiger partial charge < -0.3 is 24.8 Å². The third-order valence-corrected chi connectivity index (χ3v) is 3.98. The molecular weight excluding hydrogens is 376 g/mol. The first kappa shape index (κ1) is 21.9. The number of hydrogen-bond acceptors (Lipinski definition) is 6. The Bertz CT molecular complexity index is 879. The topological polar surface area (TPSA) is 105 Å². The Hall–Kier alpha value is -3.39. The molecule has 8 nitrogen and oxygen atoms in total. The maximum Gasteiger partial charge on any atom is 0.340 e. The van der Waals surface area contributed by atoms with Crippen LogP contribution < -0.4 is 10.2 Å². The highest BCUT2D eigenvalue weighted by Gasteiger charge is 2.20. The van der Waals surface area contributed by atoms with Gasteiger partial charge >= 0.3 is 5.97 Å². The van der Waals surface area contributed by atoms with E-state index in [4.69, 9.17) is 9.47 Å². The fourth-order valence-electron chi connectivity index (χ4n) is 2.55. The van der Waals surface area contributed by atoms with Crippen LogP contribution in [0.3, 0.4) is 0 Å². The van der Waals surface area contributed by atoms with Crippen LogP contribution in [0.4, 0.5) is 11.4 Å². The molecule has 0 heterocycles. The summed E-state index contributed by atoms with van der Waals surface area (Å²) in [4.78, 5) is 37.4. The molecular formula is C21H24N2O6. The molecule has 0 saturated carbocycles. The van der Waals surface area contributed by atoms with Crippen molar-refractivity contribution in [3.05, 3.63) is 53.6 Å². The van der Waals surface area contributed by atoms with Crippen LogP contribution in [0.25, 0.3) is 0 Å². The van der Waals surface area contributed by atoms with Crippen molar-refractivity contribution in [2.75, 3.05) is 30.5 Å². The second kappa shape index (κ2) is 10.2. The van der Waals surface area contributed by atoms with Gasteiger partial charge in [-0.3, -0.25) is 9.59 Å². The van der Waals surface area contributed by atoms with Gasteiger partial charge in [-0.2, -0.15) is 0 Å². The average Bonchev–Trinajstić information content (AvgIpc) is 2.68. The second-order valence-electron chi connectivity index (χ2n) is 6.25. The van der Waals surface area contributed by atoms with Crippen LogP contribution in [0.5, 0.6) is 5.75 Å². The summed E-state index contributed by atoms with van der Waals surface area (Å²) in [5.74, 6) is -1.07. The summed E-state index contributed by atoms with van der Waals surface area (Å²) < 4.78 is 10.5. The first-order valence-electron chi connectivity index (χ1n) is 9.02. The van der Waals surface area contributed by atoms with Gasteiger partial charge in [-0.25, -0.2) is 4.79 Å². The molecule has 0 aliphatic carbocycles. The molecule has 154 valence electrons. The zero-order valence-electron chi connectivity index (χ0n) is 16.6. The molecule has 2 N–H and O–H groups in total. The maximum absolute atomic E-state index is 12.6. The van der Waals surface area contributed by atoms with Crippen LogP contribution in [0.15, 0.2) is 42.5 Å². The summed E-state index contributed by atoms with van der Waals surface area (Å²) in [6.07, 6.45) is 0. The van der Waals surface area contributed by atoms with Gasteiger partial charge in [-0.1, -0.05) is 12.1 Å². The molecule has 0 spiro atoms. The number of likely N-dealkylation sites (N-methyl/N-ethyl adjacent to an activating group) is 1. The third kappa shape index (κ3) is 6.32. The number of ether oxygens (including phenoxy) is 2. The van der Waals surface area contributed by atoms with Crippen molar-refractivity contribution in [1.82, 2.24) is 0 Å². The molecule has 0 aliphatic heterocycles. The summed E-state index contributed by atoms with van der Waals surface area (Å²) >= 11 is 0. The molecule has 2 aromatic rings. The number of rotatable bonds is 8. The minimum absolute atomic E-state index is 0.148. The summed E-state index contributed by atoms with van der Waals surface area (Å²) in [6, 6.07) is 11.1. The molecule has 0 saturated heterocycles. The number of benzene rings is 2. The van der Waals surface area contributed by atoms with Gasteiger partial charge in [0.15, 0.2) is 0 Å². The highest BCUT2D eigenvalue weighted by molar-refractivity contribution is 6.04. The second-order valence-corrected chi connectivity index (χ2v) is 6.25. The predicted octanol–water partition coefficient (Wildman–Crippen LogP) is 2.71. The fraction of sp³-hybridized carbons (Fsp3) is 0.286. The van der Waals surface area contributed by atoms with Crippen molar-refractivity contribution in [3.63, 3.8) is 0 Å². The molecule has 0 aromatic heterocycles. The number of phenols is 1. The zero-order chi connectivity index (χ0) is 21.4. The molecule has 2 rings (SSSR count). The van der Waals surface area contributed by atoms with Crippen LogP contribution in [0.1, 0.15) is 29.8 Å². The van der Waals surface area contributed by atoms with E-state index in [1.54, 1.807) is 25.1 Å². The third-order valence-electron chi connectivity index (χ3n) is 3.98. The van der Waals surface area contributed by atoms with E-state index in [0.29, 0.717) is 11.4 Å². The number of esters is 1. The SMILES string of the molecule is CCOC(=O)c1ccc(NC(C)=O)cc1N(C)C(=O)COCc1ccc(O)cc1. The molecule has 0 bridgehead atoms. The maximum atomic E-state index is 12.6. The van der Waals surface area contributed by atoms with E-state index in [1.165, 1.54) is 43.1 Å². The van der Waals surface area contributed by atoms with E-state index in [9.17, 15) is 19.5 Å². The van der Waals surface area contributed by atoms with E-state index in [1.807, 2.05) is 0 Å². The van der Waals surface area contributed by atoms with Gasteiger partial charge in [-0.15, -0.1) is 0 Å². The van der Waals surface area contributed by atoms with Gasteiger partial charge in [0, 0.05) is 19.7 Å². The van der Waals surface area contributed by atoms with E-state index in [-0.39, 0.29) is 42.9 Å². The van der Waals surface area contributed by atoms with Crippen LogP contribution >= 0.6 is 0 Å². The summed E-state index contributed by atoms with van der Waals surface area (Å²) in [5, 5.41) is 11.9. The van der Waals surface area contributed by atoms with E-state index >= 15 is 0 Å². The molecule has 0 radical (unpaired) electrons. The smallest absolute Gasteiger partial charge is 0.340 e. The molecule has 2 amide bonds. The lowest BCUT2D eigenvalue weighted by atomic mass is 10.1. The molecule has 0 aliphatic rings. The Morgan fingerprint density at radius 2 is 1.79 bits per heavy atom. The Labute approximate surface area is 169 Å². The van der Waals surface area contributed by atoms with Crippen LogP contribution in [-0.2, 0) is 25.7 Å². The molecule has 0 fully saturated rings. The average molecular weight is 400 g/mol. The van der Waals surface area contributed by atoms with Crippen molar-refractivity contribution in [2.24, 2.45) is 0 Å². The van der Waals surface area contributed by atoms with Crippen LogP contribution in [-0.4, -0.2) is 43.2 Å². The molecule has 8 heteroatoms. The van der Waals surface area contributed by atoms with Crippen molar-refractivity contribution in [3.8, 4) is 5.75 Å². The standard InChI is InChI=1S/C21H24N2O6/c1-4-29-21(27)18-10-7-16(22-14(2)24)11-19(18)23(3)20(26)13-28-12-15-5-8-17(25)9-6-15/h5-11,25H,4,12-13H2,1-3H3,(H,22,24). The number of nitrogens with zero attached hydrogens (tertiary/aromatic N) is 1. The van der Waals surface area contributed by atoms with Crippen LogP contribution in [0.2, 0.25) is 0 Å². The number of amides is 2. The minimum atomic E-state index is -0.568. The zero-order valence-corrected chi connectivity index (χ0v) is 16.6. The highest BCUT2D eigenvalue weighted by Crippen LogP contribution is 2.25. The number of anilines is 2. The number of carbonyl (C=O) groups excluding carboxylic acids is 3. The van der Waals surface area contributed by atoms with Gasteiger partial charge in [0.25, 0.3) is 5.91 Å². The molecule has 0 atom stereocenters. The predicted molar refractivity (Wildman–Crippen MR) is 108 cm³/mol. The van der Waals surface area contributed by atoms with Gasteiger partial charge in [-0.05, 0) is 42.8 Å². The number of aromatic hydroxyl groups is 1. The summed E-state index contributed by atoms with van der Waals surface area (Å²) in [7, 11) is 1.52. The Morgan fingerprint density at radius 1 is 1.10 bits per heavy atom. The largest absolute Gasteiger partial charge is 0.508 e. The molecule has 29 heavy (non-hydrogen) atoms. The lowest BCUT2D eigenvalue weighted by molar-refractivity contribution is -0.123. The number of phenolic OH excluding ortho intramolecular Hbond substituents is 1. The fourth-order valence-corrected chi connectivity index (χ4v) is 2.55. The van der Waals surface area contributed by atoms with Crippen molar-refractivity contribution >= 4 is 29.2 Å². The number of hydrogen-bond donors (Lipinski definition) is 2. The van der Waals surface area contributed by atoms with Gasteiger partial charge in [0.05, 0.1) is 24.5 Å². The lowest BCUT2D eigenvalue weighted by Gasteiger charge is -2.21. The van der Waals surface area contributed by atoms with E-state index in [2.05, 4.69) is 5.32 Å². The van der Waals surface area contributed by atoms with Crippen LogP contribution in [0, 0.1) is 0 Å². The van der Waals surface area contributed by atoms with Crippen molar-refractivity contribution in [2.45, 2.75) is 20.5 Å². The monoisotopic (exact) mass is 400 g/mol. The highest BCUT2D eigenvalue weighted by atomic mass is 16.5. The normalized spacial score (nSPS) is 10.3. The Balaban J connectivity index is 2.13. The molecule has 0 unspecified atom stereocenters. The minimum Gasteiger partial charge on any atom is -0.508 e. The molecule has 2 aromatic carbocycles. The number of carbonyl (C=O) groups is 3. The van der Waals surface area contributed by atoms with E-state index in [0.717, 1.165) is 5.56 Å². The Kier molecular flexibility index (Phi) is 7.73. The Morgan fingerprint density at radius 3 is 2.41 bits per heavy atom. The summed E-state index contributed by atoms with van der Waals surface area (Å²) in [6.45, 7) is 3.22. The first-order valence-corrected chi connectivity index (χ1v) is 9.02. The van der Waals surface area contributed by atoms with Crippen molar-refractivity contribution in [1.29, 1.82) is 0 Å². The number of nitrogens with one attached hydrogen (secondary N) is 1. The summed E-state index contributed by atoms with van der Waals surface area (Å²) in [5.41, 5.74) is 1.76.